The number of amides is 2. The average molecular weight is 301 g/mol. The molecule has 0 aliphatic carbocycles. The van der Waals surface area contributed by atoms with Crippen molar-refractivity contribution in [2.24, 2.45) is 0 Å². The van der Waals surface area contributed by atoms with E-state index in [0.29, 0.717) is 11.4 Å². The van der Waals surface area contributed by atoms with Crippen molar-refractivity contribution in [2.75, 3.05) is 23.4 Å². The van der Waals surface area contributed by atoms with Crippen molar-refractivity contribution in [3.05, 3.63) is 30.1 Å². The van der Waals surface area contributed by atoms with Gasteiger partial charge in [-0.1, -0.05) is 6.07 Å². The van der Waals surface area contributed by atoms with Crippen LogP contribution >= 0.6 is 0 Å². The number of anilines is 2. The third-order valence-corrected chi connectivity index (χ3v) is 3.29. The van der Waals surface area contributed by atoms with Gasteiger partial charge in [-0.2, -0.15) is 10.1 Å². The molecule has 8 heteroatoms. The molecule has 22 heavy (non-hydrogen) atoms. The zero-order chi connectivity index (χ0) is 15.5. The minimum absolute atomic E-state index is 0.0141. The number of aryl methyl sites for hydroxylation is 1. The van der Waals surface area contributed by atoms with E-state index in [1.165, 1.54) is 6.33 Å². The van der Waals surface area contributed by atoms with Gasteiger partial charge >= 0.3 is 0 Å². The number of carbonyl (C=O) groups excluding carboxylic acids is 2. The second kappa shape index (κ2) is 5.84. The lowest BCUT2D eigenvalue weighted by molar-refractivity contribution is -0.121. The maximum Gasteiger partial charge on any atom is 0.265 e. The number of rotatable bonds is 4. The van der Waals surface area contributed by atoms with Crippen LogP contribution in [0.5, 0.6) is 5.75 Å². The molecule has 0 saturated carbocycles. The molecule has 2 N–H and O–H groups in total. The van der Waals surface area contributed by atoms with E-state index in [4.69, 9.17) is 4.74 Å². The quantitative estimate of drug-likeness (QED) is 0.872. The van der Waals surface area contributed by atoms with Gasteiger partial charge in [0, 0.05) is 13.0 Å². The van der Waals surface area contributed by atoms with E-state index in [0.717, 1.165) is 5.56 Å². The van der Waals surface area contributed by atoms with Crippen LogP contribution in [0.3, 0.4) is 0 Å². The highest BCUT2D eigenvalue weighted by atomic mass is 16.5. The largest absolute Gasteiger partial charge is 0.482 e. The molecule has 0 fully saturated rings. The smallest absolute Gasteiger partial charge is 0.265 e. The molecule has 3 rings (SSSR count). The minimum Gasteiger partial charge on any atom is -0.482 e. The third kappa shape index (κ3) is 2.90. The maximum atomic E-state index is 12.0. The van der Waals surface area contributed by atoms with Crippen LogP contribution in [0.2, 0.25) is 0 Å². The number of carbonyl (C=O) groups is 2. The van der Waals surface area contributed by atoms with Gasteiger partial charge in [0.1, 0.15) is 12.1 Å². The van der Waals surface area contributed by atoms with Gasteiger partial charge in [0.2, 0.25) is 11.9 Å². The highest BCUT2D eigenvalue weighted by Gasteiger charge is 2.25. The lowest BCUT2D eigenvalue weighted by atomic mass is 10.1. The summed E-state index contributed by atoms with van der Waals surface area (Å²) in [4.78, 5) is 29.3. The molecule has 1 aromatic heterocycles. The first-order valence-electron chi connectivity index (χ1n) is 6.82. The summed E-state index contributed by atoms with van der Waals surface area (Å²) in [5, 5.41) is 8.76. The van der Waals surface area contributed by atoms with Crippen LogP contribution < -0.4 is 15.0 Å². The predicted octanol–water partition coefficient (Wildman–Crippen LogP) is 0.867. The first-order chi connectivity index (χ1) is 10.6. The number of hydrogen-bond donors (Lipinski definition) is 2. The van der Waals surface area contributed by atoms with Crippen molar-refractivity contribution in [3.8, 4) is 5.75 Å². The fourth-order valence-corrected chi connectivity index (χ4v) is 2.23. The van der Waals surface area contributed by atoms with E-state index in [1.807, 2.05) is 25.1 Å². The van der Waals surface area contributed by atoms with Crippen molar-refractivity contribution in [1.82, 2.24) is 15.2 Å². The Morgan fingerprint density at radius 3 is 3.14 bits per heavy atom. The Bertz CT molecular complexity index is 699. The van der Waals surface area contributed by atoms with Gasteiger partial charge in [0.25, 0.3) is 5.91 Å². The Labute approximate surface area is 126 Å². The Hall–Kier alpha value is -2.90. The molecule has 114 valence electrons. The lowest BCUT2D eigenvalue weighted by Gasteiger charge is -2.29. The summed E-state index contributed by atoms with van der Waals surface area (Å²) >= 11 is 0. The molecule has 0 spiro atoms. The monoisotopic (exact) mass is 301 g/mol. The minimum atomic E-state index is -0.245. The number of nitrogens with one attached hydrogen (secondary N) is 2. The van der Waals surface area contributed by atoms with Crippen molar-refractivity contribution in [3.63, 3.8) is 0 Å². The summed E-state index contributed by atoms with van der Waals surface area (Å²) < 4.78 is 5.40. The fourth-order valence-electron chi connectivity index (χ4n) is 2.23. The molecule has 0 unspecified atom stereocenters. The zero-order valence-electron chi connectivity index (χ0n) is 12.0. The van der Waals surface area contributed by atoms with E-state index < -0.39 is 0 Å². The van der Waals surface area contributed by atoms with Crippen molar-refractivity contribution >= 4 is 23.5 Å². The molecule has 1 aromatic carbocycles. The first kappa shape index (κ1) is 14.1. The maximum absolute atomic E-state index is 12.0. The second-order valence-corrected chi connectivity index (χ2v) is 4.94. The molecule has 2 heterocycles. The van der Waals surface area contributed by atoms with Gasteiger partial charge in [-0.3, -0.25) is 14.9 Å². The zero-order valence-corrected chi connectivity index (χ0v) is 12.0. The van der Waals surface area contributed by atoms with Crippen LogP contribution in [-0.4, -0.2) is 40.1 Å². The van der Waals surface area contributed by atoms with E-state index in [1.54, 1.807) is 4.90 Å². The topological polar surface area (TPSA) is 100 Å². The summed E-state index contributed by atoms with van der Waals surface area (Å²) in [6.45, 7) is 2.20. The van der Waals surface area contributed by atoms with E-state index in [-0.39, 0.29) is 37.3 Å². The Morgan fingerprint density at radius 1 is 1.50 bits per heavy atom. The number of benzene rings is 1. The number of nitrogens with zero attached hydrogens (tertiary/aromatic N) is 3. The lowest BCUT2D eigenvalue weighted by Crippen LogP contribution is -2.40. The molecular weight excluding hydrogens is 286 g/mol. The summed E-state index contributed by atoms with van der Waals surface area (Å²) in [5.74, 6) is 0.534. The van der Waals surface area contributed by atoms with Crippen LogP contribution in [0.4, 0.5) is 11.6 Å². The van der Waals surface area contributed by atoms with Gasteiger partial charge in [-0.25, -0.2) is 5.10 Å². The van der Waals surface area contributed by atoms with E-state index in [2.05, 4.69) is 20.5 Å². The van der Waals surface area contributed by atoms with Gasteiger partial charge in [0.05, 0.1) is 5.69 Å². The van der Waals surface area contributed by atoms with E-state index >= 15 is 0 Å². The average Bonchev–Trinajstić information content (AvgIpc) is 2.99. The summed E-state index contributed by atoms with van der Waals surface area (Å²) in [6.07, 6.45) is 1.46. The fraction of sp³-hybridized carbons (Fsp3) is 0.286. The molecule has 0 saturated heterocycles. The van der Waals surface area contributed by atoms with Crippen LogP contribution in [0.1, 0.15) is 12.0 Å². The summed E-state index contributed by atoms with van der Waals surface area (Å²) in [6, 6.07) is 5.63. The molecule has 1 aliphatic rings. The van der Waals surface area contributed by atoms with Gasteiger partial charge in [0.15, 0.2) is 6.61 Å². The Balaban J connectivity index is 1.68. The number of aromatic amines is 1. The van der Waals surface area contributed by atoms with Gasteiger partial charge < -0.3 is 9.64 Å². The molecule has 1 aliphatic heterocycles. The van der Waals surface area contributed by atoms with Crippen LogP contribution in [0, 0.1) is 6.92 Å². The number of ether oxygens (including phenoxy) is 1. The second-order valence-electron chi connectivity index (χ2n) is 4.94. The summed E-state index contributed by atoms with van der Waals surface area (Å²) in [5.41, 5.74) is 1.72. The third-order valence-electron chi connectivity index (χ3n) is 3.29. The number of aromatic nitrogens is 3. The highest BCUT2D eigenvalue weighted by Crippen LogP contribution is 2.32. The molecular formula is C14H15N5O3. The SMILES string of the molecule is Cc1ccc2c(c1)N(CCC(=O)Nc1ncn[nH]1)C(=O)CO2. The number of H-pyrrole nitrogens is 1. The molecule has 0 bridgehead atoms. The van der Waals surface area contributed by atoms with Gasteiger partial charge in [-0.15, -0.1) is 0 Å². The number of hydrogen-bond acceptors (Lipinski definition) is 5. The van der Waals surface area contributed by atoms with Crippen LogP contribution in [-0.2, 0) is 9.59 Å². The highest BCUT2D eigenvalue weighted by molar-refractivity contribution is 5.99. The molecule has 2 amide bonds. The van der Waals surface area contributed by atoms with E-state index in [9.17, 15) is 9.59 Å². The number of fused-ring (bicyclic) bond motifs is 1. The Morgan fingerprint density at radius 2 is 2.36 bits per heavy atom. The van der Waals surface area contributed by atoms with Crippen LogP contribution in [0.25, 0.3) is 0 Å². The summed E-state index contributed by atoms with van der Waals surface area (Å²) in [7, 11) is 0. The van der Waals surface area contributed by atoms with Crippen molar-refractivity contribution in [1.29, 1.82) is 0 Å². The molecule has 8 nitrogen and oxygen atoms in total. The van der Waals surface area contributed by atoms with Crippen molar-refractivity contribution < 1.29 is 14.3 Å². The van der Waals surface area contributed by atoms with Gasteiger partial charge in [-0.05, 0) is 24.6 Å². The molecule has 0 atom stereocenters. The predicted molar refractivity (Wildman–Crippen MR) is 78.7 cm³/mol. The molecule has 0 radical (unpaired) electrons. The van der Waals surface area contributed by atoms with Crippen LogP contribution in [0.15, 0.2) is 24.5 Å². The Kier molecular flexibility index (Phi) is 3.73. The standard InChI is InChI=1S/C14H15N5O3/c1-9-2-3-11-10(6-9)19(13(21)7-22-11)5-4-12(20)17-14-15-8-16-18-14/h2-3,6,8H,4-5,7H2,1H3,(H2,15,16,17,18,20). The first-order valence-corrected chi connectivity index (χ1v) is 6.82. The normalized spacial score (nSPS) is 13.5. The molecule has 2 aromatic rings. The van der Waals surface area contributed by atoms with Crippen molar-refractivity contribution in [2.45, 2.75) is 13.3 Å².